The summed E-state index contributed by atoms with van der Waals surface area (Å²) in [5, 5.41) is 0. The summed E-state index contributed by atoms with van der Waals surface area (Å²) in [5.74, 6) is 0. The molecule has 1 aliphatic rings. The van der Waals surface area contributed by atoms with Gasteiger partial charge in [-0.3, -0.25) is 4.31 Å². The van der Waals surface area contributed by atoms with Crippen LogP contribution in [-0.4, -0.2) is 33.4 Å². The predicted molar refractivity (Wildman–Crippen MR) is 77.3 cm³/mol. The van der Waals surface area contributed by atoms with Crippen LogP contribution in [0.25, 0.3) is 0 Å². The number of fused-ring (bicyclic) bond motifs is 1. The molecule has 0 saturated carbocycles. The molecule has 2 rings (SSSR count). The molecule has 0 fully saturated rings. The lowest BCUT2D eigenvalue weighted by Gasteiger charge is -2.32. The molecule has 1 aromatic rings. The van der Waals surface area contributed by atoms with Gasteiger partial charge in [-0.05, 0) is 37.0 Å². The average Bonchev–Trinajstić information content (AvgIpc) is 2.36. The van der Waals surface area contributed by atoms with Gasteiger partial charge < -0.3 is 5.73 Å². The molecule has 0 bridgehead atoms. The zero-order valence-corrected chi connectivity index (χ0v) is 12.4. The first-order valence-electron chi connectivity index (χ1n) is 6.42. The van der Waals surface area contributed by atoms with E-state index in [4.69, 9.17) is 5.73 Å². The first-order valence-corrected chi connectivity index (χ1v) is 7.82. The monoisotopic (exact) mass is 283 g/mol. The van der Waals surface area contributed by atoms with Gasteiger partial charge in [-0.25, -0.2) is 0 Å². The van der Waals surface area contributed by atoms with Crippen LogP contribution in [0, 0.1) is 0 Å². The second-order valence-electron chi connectivity index (χ2n) is 5.14. The number of benzene rings is 1. The summed E-state index contributed by atoms with van der Waals surface area (Å²) < 4.78 is 27.3. The van der Waals surface area contributed by atoms with Crippen molar-refractivity contribution in [3.63, 3.8) is 0 Å². The molecule has 0 aliphatic carbocycles. The summed E-state index contributed by atoms with van der Waals surface area (Å²) >= 11 is 0. The molecule has 106 valence electrons. The van der Waals surface area contributed by atoms with E-state index in [1.54, 1.807) is 14.1 Å². The van der Waals surface area contributed by atoms with Gasteiger partial charge in [0.05, 0.1) is 5.69 Å². The lowest BCUT2D eigenvalue weighted by atomic mass is 9.98. The average molecular weight is 283 g/mol. The zero-order valence-electron chi connectivity index (χ0n) is 11.6. The number of anilines is 1. The molecule has 2 N–H and O–H groups in total. The highest BCUT2D eigenvalue weighted by Crippen LogP contribution is 2.31. The molecule has 19 heavy (non-hydrogen) atoms. The zero-order chi connectivity index (χ0) is 14.2. The third-order valence-electron chi connectivity index (χ3n) is 3.45. The maximum Gasteiger partial charge on any atom is 0.303 e. The van der Waals surface area contributed by atoms with Gasteiger partial charge in [-0.1, -0.05) is 12.1 Å². The van der Waals surface area contributed by atoms with Crippen LogP contribution in [0.3, 0.4) is 0 Å². The summed E-state index contributed by atoms with van der Waals surface area (Å²) in [5.41, 5.74) is 8.76. The molecular weight excluding hydrogens is 262 g/mol. The molecule has 1 heterocycles. The highest BCUT2D eigenvalue weighted by molar-refractivity contribution is 7.90. The van der Waals surface area contributed by atoms with Crippen LogP contribution in [-0.2, 0) is 16.6 Å². The summed E-state index contributed by atoms with van der Waals surface area (Å²) in [6, 6.07) is 5.77. The Morgan fingerprint density at radius 2 is 2.05 bits per heavy atom. The number of nitrogens with two attached hydrogens (primary N) is 1. The molecule has 1 unspecified atom stereocenters. The minimum absolute atomic E-state index is 0.0360. The standard InChI is InChI=1S/C13H21N3O2S/c1-10(14)11-6-7-13-12(9-11)5-4-8-16(13)19(17,18)15(2)3/h6-7,9-10H,4-5,8,14H2,1-3H3. The van der Waals surface area contributed by atoms with Crippen molar-refractivity contribution in [3.8, 4) is 0 Å². The largest absolute Gasteiger partial charge is 0.324 e. The Bertz CT molecular complexity index is 567. The fourth-order valence-electron chi connectivity index (χ4n) is 2.30. The Balaban J connectivity index is 2.46. The lowest BCUT2D eigenvalue weighted by molar-refractivity contribution is 0.512. The number of aryl methyl sites for hydroxylation is 1. The smallest absolute Gasteiger partial charge is 0.303 e. The molecule has 5 nitrogen and oxygen atoms in total. The molecule has 0 radical (unpaired) electrons. The fraction of sp³-hybridized carbons (Fsp3) is 0.538. The lowest BCUT2D eigenvalue weighted by Crippen LogP contribution is -2.42. The van der Waals surface area contributed by atoms with Crippen molar-refractivity contribution in [1.82, 2.24) is 4.31 Å². The van der Waals surface area contributed by atoms with Crippen LogP contribution >= 0.6 is 0 Å². The molecule has 0 amide bonds. The molecule has 0 spiro atoms. The Hall–Kier alpha value is -1.11. The van der Waals surface area contributed by atoms with E-state index in [0.29, 0.717) is 6.54 Å². The van der Waals surface area contributed by atoms with E-state index in [2.05, 4.69) is 0 Å². The number of hydrogen-bond donors (Lipinski definition) is 1. The van der Waals surface area contributed by atoms with Gasteiger partial charge in [0.2, 0.25) is 0 Å². The van der Waals surface area contributed by atoms with Crippen LogP contribution in [0.15, 0.2) is 18.2 Å². The Labute approximate surface area is 115 Å². The van der Waals surface area contributed by atoms with Gasteiger partial charge in [-0.2, -0.15) is 12.7 Å². The summed E-state index contributed by atoms with van der Waals surface area (Å²) in [7, 11) is -0.300. The van der Waals surface area contributed by atoms with E-state index in [1.807, 2.05) is 25.1 Å². The van der Waals surface area contributed by atoms with E-state index >= 15 is 0 Å². The van der Waals surface area contributed by atoms with Crippen molar-refractivity contribution in [2.75, 3.05) is 24.9 Å². The minimum atomic E-state index is -3.41. The van der Waals surface area contributed by atoms with E-state index < -0.39 is 10.2 Å². The third-order valence-corrected chi connectivity index (χ3v) is 5.30. The molecule has 0 aromatic heterocycles. The predicted octanol–water partition coefficient (Wildman–Crippen LogP) is 1.27. The van der Waals surface area contributed by atoms with E-state index in [1.165, 1.54) is 8.61 Å². The summed E-state index contributed by atoms with van der Waals surface area (Å²) in [4.78, 5) is 0. The molecule has 6 heteroatoms. The molecule has 1 aliphatic heterocycles. The topological polar surface area (TPSA) is 66.6 Å². The maximum atomic E-state index is 12.3. The van der Waals surface area contributed by atoms with Gasteiger partial charge in [0, 0.05) is 26.7 Å². The van der Waals surface area contributed by atoms with Crippen molar-refractivity contribution in [2.24, 2.45) is 5.73 Å². The SMILES string of the molecule is CC(N)c1ccc2c(c1)CCCN2S(=O)(=O)N(C)C. The highest BCUT2D eigenvalue weighted by Gasteiger charge is 2.29. The number of rotatable bonds is 3. The Morgan fingerprint density at radius 1 is 1.37 bits per heavy atom. The first-order chi connectivity index (χ1) is 8.84. The van der Waals surface area contributed by atoms with Crippen molar-refractivity contribution in [2.45, 2.75) is 25.8 Å². The molecule has 1 atom stereocenters. The number of hydrogen-bond acceptors (Lipinski definition) is 3. The van der Waals surface area contributed by atoms with Crippen molar-refractivity contribution in [3.05, 3.63) is 29.3 Å². The van der Waals surface area contributed by atoms with Crippen LogP contribution in [0.1, 0.15) is 30.5 Å². The minimum Gasteiger partial charge on any atom is -0.324 e. The van der Waals surface area contributed by atoms with Crippen molar-refractivity contribution < 1.29 is 8.42 Å². The van der Waals surface area contributed by atoms with E-state index in [9.17, 15) is 8.42 Å². The Morgan fingerprint density at radius 3 is 2.63 bits per heavy atom. The second kappa shape index (κ2) is 5.11. The van der Waals surface area contributed by atoms with Gasteiger partial charge in [0.25, 0.3) is 0 Å². The summed E-state index contributed by atoms with van der Waals surface area (Å²) in [6.45, 7) is 2.46. The van der Waals surface area contributed by atoms with E-state index in [-0.39, 0.29) is 6.04 Å². The summed E-state index contributed by atoms with van der Waals surface area (Å²) in [6.07, 6.45) is 1.73. The molecular formula is C13H21N3O2S. The number of nitrogens with zero attached hydrogens (tertiary/aromatic N) is 2. The molecule has 0 saturated heterocycles. The van der Waals surface area contributed by atoms with Gasteiger partial charge in [-0.15, -0.1) is 0 Å². The second-order valence-corrected chi connectivity index (χ2v) is 7.21. The maximum absolute atomic E-state index is 12.3. The van der Waals surface area contributed by atoms with Gasteiger partial charge in [0.15, 0.2) is 0 Å². The van der Waals surface area contributed by atoms with Crippen LogP contribution in [0.2, 0.25) is 0 Å². The molecule has 1 aromatic carbocycles. The van der Waals surface area contributed by atoms with Crippen molar-refractivity contribution >= 4 is 15.9 Å². The quantitative estimate of drug-likeness (QED) is 0.908. The van der Waals surface area contributed by atoms with Gasteiger partial charge >= 0.3 is 10.2 Å². The van der Waals surface area contributed by atoms with Gasteiger partial charge in [0.1, 0.15) is 0 Å². The Kier molecular flexibility index (Phi) is 3.85. The normalized spacial score (nSPS) is 17.4. The van der Waals surface area contributed by atoms with E-state index in [0.717, 1.165) is 29.7 Å². The fourth-order valence-corrected chi connectivity index (χ4v) is 3.48. The third kappa shape index (κ3) is 2.61. The van der Waals surface area contributed by atoms with Crippen LogP contribution in [0.5, 0.6) is 0 Å². The first kappa shape index (κ1) is 14.3. The van der Waals surface area contributed by atoms with Crippen LogP contribution in [0.4, 0.5) is 5.69 Å². The van der Waals surface area contributed by atoms with Crippen LogP contribution < -0.4 is 10.0 Å². The highest BCUT2D eigenvalue weighted by atomic mass is 32.2. The van der Waals surface area contributed by atoms with Crippen molar-refractivity contribution in [1.29, 1.82) is 0 Å².